The van der Waals surface area contributed by atoms with Crippen LogP contribution >= 0.6 is 15.9 Å². The van der Waals surface area contributed by atoms with E-state index in [2.05, 4.69) is 26.5 Å². The van der Waals surface area contributed by atoms with Gasteiger partial charge in [-0.1, -0.05) is 6.07 Å². The van der Waals surface area contributed by atoms with E-state index in [4.69, 9.17) is 4.74 Å². The molecule has 0 atom stereocenters. The highest BCUT2D eigenvalue weighted by Crippen LogP contribution is 2.30. The van der Waals surface area contributed by atoms with Crippen molar-refractivity contribution < 1.29 is 17.9 Å². The molecule has 0 heterocycles. The molecule has 128 valence electrons. The normalized spacial score (nSPS) is 12.0. The minimum absolute atomic E-state index is 0.0587. The molecule has 0 fully saturated rings. The summed E-state index contributed by atoms with van der Waals surface area (Å²) in [6.07, 6.45) is -2.80. The van der Waals surface area contributed by atoms with Crippen molar-refractivity contribution in [2.24, 2.45) is 5.10 Å². The molecule has 3 nitrogen and oxygen atoms in total. The Balaban J connectivity index is 2.05. The van der Waals surface area contributed by atoms with Gasteiger partial charge in [0.05, 0.1) is 28.0 Å². The van der Waals surface area contributed by atoms with Crippen molar-refractivity contribution in [3.8, 4) is 5.75 Å². The maximum absolute atomic E-state index is 12.6. The van der Waals surface area contributed by atoms with E-state index in [-0.39, 0.29) is 11.8 Å². The fraction of sp³-hybridized carbons (Fsp3) is 0.235. The topological polar surface area (TPSA) is 33.6 Å². The van der Waals surface area contributed by atoms with Crippen molar-refractivity contribution in [3.05, 3.63) is 58.1 Å². The van der Waals surface area contributed by atoms with Gasteiger partial charge in [-0.2, -0.15) is 18.3 Å². The van der Waals surface area contributed by atoms with Crippen molar-refractivity contribution in [2.45, 2.75) is 26.1 Å². The molecule has 2 aromatic carbocycles. The van der Waals surface area contributed by atoms with Gasteiger partial charge in [-0.05, 0) is 71.7 Å². The zero-order chi connectivity index (χ0) is 17.7. The first-order chi connectivity index (χ1) is 11.3. The van der Waals surface area contributed by atoms with Crippen LogP contribution < -0.4 is 10.2 Å². The molecule has 0 aliphatic rings. The molecule has 7 heteroatoms. The Morgan fingerprint density at radius 1 is 1.17 bits per heavy atom. The molecule has 0 saturated carbocycles. The van der Waals surface area contributed by atoms with Crippen LogP contribution in [0, 0.1) is 0 Å². The van der Waals surface area contributed by atoms with Gasteiger partial charge in [0.25, 0.3) is 0 Å². The number of halogens is 4. The van der Waals surface area contributed by atoms with Crippen LogP contribution in [0.2, 0.25) is 0 Å². The van der Waals surface area contributed by atoms with Gasteiger partial charge < -0.3 is 4.74 Å². The van der Waals surface area contributed by atoms with Gasteiger partial charge in [0, 0.05) is 0 Å². The lowest BCUT2D eigenvalue weighted by Gasteiger charge is -2.11. The molecule has 0 radical (unpaired) electrons. The van der Waals surface area contributed by atoms with E-state index in [1.54, 1.807) is 12.1 Å². The third kappa shape index (κ3) is 5.26. The van der Waals surface area contributed by atoms with Crippen molar-refractivity contribution in [1.82, 2.24) is 0 Å². The third-order valence-electron chi connectivity index (χ3n) is 2.92. The average molecular weight is 401 g/mol. The highest BCUT2D eigenvalue weighted by molar-refractivity contribution is 9.10. The van der Waals surface area contributed by atoms with Crippen molar-refractivity contribution in [2.75, 3.05) is 5.43 Å². The molecule has 0 unspecified atom stereocenters. The standard InChI is InChI=1S/C17H16BrF3N2O/c1-11(2)24-16-7-6-12(8-15(16)18)10-22-23-14-5-3-4-13(9-14)17(19,20)21/h3-11,23H,1-2H3. The van der Waals surface area contributed by atoms with E-state index in [1.807, 2.05) is 19.9 Å². The molecule has 2 aromatic rings. The zero-order valence-electron chi connectivity index (χ0n) is 13.1. The maximum atomic E-state index is 12.6. The molecule has 2 rings (SSSR count). The first kappa shape index (κ1) is 18.3. The highest BCUT2D eigenvalue weighted by Gasteiger charge is 2.30. The number of hydrogen-bond acceptors (Lipinski definition) is 3. The fourth-order valence-corrected chi connectivity index (χ4v) is 2.38. The second-order valence-corrected chi connectivity index (χ2v) is 6.16. The first-order valence-corrected chi connectivity index (χ1v) is 7.97. The average Bonchev–Trinajstić information content (AvgIpc) is 2.49. The lowest BCUT2D eigenvalue weighted by atomic mass is 10.2. The first-order valence-electron chi connectivity index (χ1n) is 7.18. The van der Waals surface area contributed by atoms with Gasteiger partial charge in [-0.15, -0.1) is 0 Å². The number of anilines is 1. The maximum Gasteiger partial charge on any atom is 0.416 e. The number of hydrazone groups is 1. The largest absolute Gasteiger partial charge is 0.490 e. The van der Waals surface area contributed by atoms with Crippen LogP contribution in [0.1, 0.15) is 25.0 Å². The summed E-state index contributed by atoms with van der Waals surface area (Å²) in [5.74, 6) is 0.716. The number of ether oxygens (including phenoxy) is 1. The Bertz CT molecular complexity index is 730. The second kappa shape index (κ2) is 7.70. The van der Waals surface area contributed by atoms with Gasteiger partial charge in [0.1, 0.15) is 5.75 Å². The molecule has 0 amide bonds. The summed E-state index contributed by atoms with van der Waals surface area (Å²) in [7, 11) is 0. The predicted molar refractivity (Wildman–Crippen MR) is 92.6 cm³/mol. The Hall–Kier alpha value is -2.02. The highest BCUT2D eigenvalue weighted by atomic mass is 79.9. The van der Waals surface area contributed by atoms with E-state index in [0.29, 0.717) is 5.75 Å². The summed E-state index contributed by atoms with van der Waals surface area (Å²) in [4.78, 5) is 0. The van der Waals surface area contributed by atoms with Crippen LogP contribution in [-0.2, 0) is 6.18 Å². The molecule has 0 aliphatic carbocycles. The third-order valence-corrected chi connectivity index (χ3v) is 3.54. The Kier molecular flexibility index (Phi) is 5.88. The van der Waals surface area contributed by atoms with Crippen LogP contribution in [-0.4, -0.2) is 12.3 Å². The predicted octanol–water partition coefficient (Wildman–Crippen LogP) is 5.70. The number of rotatable bonds is 5. The summed E-state index contributed by atoms with van der Waals surface area (Å²) in [5, 5.41) is 3.96. The van der Waals surface area contributed by atoms with Crippen molar-refractivity contribution in [3.63, 3.8) is 0 Å². The van der Waals surface area contributed by atoms with E-state index in [1.165, 1.54) is 18.3 Å². The van der Waals surface area contributed by atoms with Crippen molar-refractivity contribution >= 4 is 27.8 Å². The minimum atomic E-state index is -4.38. The van der Waals surface area contributed by atoms with Crippen molar-refractivity contribution in [1.29, 1.82) is 0 Å². The lowest BCUT2D eigenvalue weighted by molar-refractivity contribution is -0.137. The Morgan fingerprint density at radius 2 is 1.92 bits per heavy atom. The van der Waals surface area contributed by atoms with Crippen LogP contribution in [0.5, 0.6) is 5.75 Å². The van der Waals surface area contributed by atoms with E-state index in [9.17, 15) is 13.2 Å². The zero-order valence-corrected chi connectivity index (χ0v) is 14.6. The smallest absolute Gasteiger partial charge is 0.416 e. The summed E-state index contributed by atoms with van der Waals surface area (Å²) in [6.45, 7) is 3.86. The summed E-state index contributed by atoms with van der Waals surface area (Å²) in [5.41, 5.74) is 2.91. The number of alkyl halides is 3. The molecule has 1 N–H and O–H groups in total. The van der Waals surface area contributed by atoms with Gasteiger partial charge >= 0.3 is 6.18 Å². The van der Waals surface area contributed by atoms with E-state index in [0.717, 1.165) is 22.2 Å². The van der Waals surface area contributed by atoms with Crippen LogP contribution in [0.25, 0.3) is 0 Å². The lowest BCUT2D eigenvalue weighted by Crippen LogP contribution is -2.06. The fourth-order valence-electron chi connectivity index (χ4n) is 1.89. The summed E-state index contributed by atoms with van der Waals surface area (Å²) >= 11 is 3.41. The van der Waals surface area contributed by atoms with Crippen LogP contribution in [0.4, 0.5) is 18.9 Å². The Morgan fingerprint density at radius 3 is 2.54 bits per heavy atom. The van der Waals surface area contributed by atoms with Gasteiger partial charge in [0.15, 0.2) is 0 Å². The number of benzene rings is 2. The molecule has 0 aliphatic heterocycles. The quantitative estimate of drug-likeness (QED) is 0.515. The van der Waals surface area contributed by atoms with Gasteiger partial charge in [0.2, 0.25) is 0 Å². The molecular weight excluding hydrogens is 385 g/mol. The second-order valence-electron chi connectivity index (χ2n) is 5.31. The van der Waals surface area contributed by atoms with Gasteiger partial charge in [-0.3, -0.25) is 5.43 Å². The number of nitrogens with one attached hydrogen (secondary N) is 1. The van der Waals surface area contributed by atoms with E-state index < -0.39 is 11.7 Å². The molecule has 0 spiro atoms. The molecule has 0 aromatic heterocycles. The van der Waals surface area contributed by atoms with Crippen LogP contribution in [0.15, 0.2) is 52.0 Å². The summed E-state index contributed by atoms with van der Waals surface area (Å²) in [6, 6.07) is 10.3. The number of hydrogen-bond donors (Lipinski definition) is 1. The van der Waals surface area contributed by atoms with Gasteiger partial charge in [-0.25, -0.2) is 0 Å². The monoisotopic (exact) mass is 400 g/mol. The SMILES string of the molecule is CC(C)Oc1ccc(C=NNc2cccc(C(F)(F)F)c2)cc1Br. The molecular formula is C17H16BrF3N2O. The molecule has 0 bridgehead atoms. The van der Waals surface area contributed by atoms with E-state index >= 15 is 0 Å². The molecule has 0 saturated heterocycles. The minimum Gasteiger partial charge on any atom is -0.490 e. The molecule has 24 heavy (non-hydrogen) atoms. The Labute approximate surface area is 146 Å². The van der Waals surface area contributed by atoms with Crippen LogP contribution in [0.3, 0.4) is 0 Å². The number of nitrogens with zero attached hydrogens (tertiary/aromatic N) is 1. The summed E-state index contributed by atoms with van der Waals surface area (Å²) < 4.78 is 44.3.